The van der Waals surface area contributed by atoms with Gasteiger partial charge in [-0.3, -0.25) is 0 Å². The molecule has 2 heteroatoms. The van der Waals surface area contributed by atoms with Crippen molar-refractivity contribution < 1.29 is 4.74 Å². The molecule has 2 atom stereocenters. The van der Waals surface area contributed by atoms with E-state index in [9.17, 15) is 0 Å². The average molecular weight is 257 g/mol. The van der Waals surface area contributed by atoms with Crippen molar-refractivity contribution in [3.8, 4) is 5.75 Å². The third-order valence-corrected chi connectivity index (χ3v) is 3.92. The lowest BCUT2D eigenvalue weighted by Crippen LogP contribution is -2.42. The molecular formula is C17H23NO. The van der Waals surface area contributed by atoms with Crippen molar-refractivity contribution in [2.75, 3.05) is 13.7 Å². The van der Waals surface area contributed by atoms with Gasteiger partial charge in [0.15, 0.2) is 0 Å². The Morgan fingerprint density at radius 3 is 2.84 bits per heavy atom. The molecule has 102 valence electrons. The van der Waals surface area contributed by atoms with Gasteiger partial charge in [0, 0.05) is 12.6 Å². The molecule has 0 spiro atoms. The Morgan fingerprint density at radius 1 is 1.32 bits per heavy atom. The number of hydrogen-bond acceptors (Lipinski definition) is 2. The van der Waals surface area contributed by atoms with E-state index in [4.69, 9.17) is 4.74 Å². The lowest BCUT2D eigenvalue weighted by atomic mass is 9.78. The van der Waals surface area contributed by atoms with E-state index in [1.807, 2.05) is 12.2 Å². The molecular weight excluding hydrogens is 234 g/mol. The number of nitrogens with one attached hydrogen (secondary N) is 1. The summed E-state index contributed by atoms with van der Waals surface area (Å²) in [6, 6.07) is 6.83. The predicted molar refractivity (Wildman–Crippen MR) is 80.7 cm³/mol. The van der Waals surface area contributed by atoms with Gasteiger partial charge in [0.05, 0.1) is 7.11 Å². The number of allylic oxidation sites excluding steroid dienone is 1. The summed E-state index contributed by atoms with van der Waals surface area (Å²) in [5, 5.41) is 3.58. The Balaban J connectivity index is 2.25. The molecule has 0 unspecified atom stereocenters. The van der Waals surface area contributed by atoms with Crippen LogP contribution in [0.5, 0.6) is 5.75 Å². The molecule has 1 N–H and O–H groups in total. The molecule has 0 bridgehead atoms. The second-order valence-electron chi connectivity index (χ2n) is 5.09. The molecule has 0 aliphatic heterocycles. The highest BCUT2D eigenvalue weighted by molar-refractivity contribution is 5.43. The van der Waals surface area contributed by atoms with E-state index in [0.717, 1.165) is 31.6 Å². The van der Waals surface area contributed by atoms with E-state index in [1.54, 1.807) is 7.11 Å². The summed E-state index contributed by atoms with van der Waals surface area (Å²) in [6.45, 7) is 8.52. The zero-order chi connectivity index (χ0) is 13.7. The van der Waals surface area contributed by atoms with Gasteiger partial charge in [0.2, 0.25) is 0 Å². The molecule has 0 saturated carbocycles. The summed E-state index contributed by atoms with van der Waals surface area (Å²) in [6.07, 6.45) is 7.10. The van der Waals surface area contributed by atoms with Crippen LogP contribution < -0.4 is 10.1 Å². The third kappa shape index (κ3) is 3.07. The molecule has 0 radical (unpaired) electrons. The number of ether oxygens (including phenoxy) is 1. The monoisotopic (exact) mass is 257 g/mol. The van der Waals surface area contributed by atoms with Gasteiger partial charge < -0.3 is 10.1 Å². The molecule has 1 aliphatic carbocycles. The molecule has 2 nitrogen and oxygen atoms in total. The van der Waals surface area contributed by atoms with Crippen LogP contribution in [-0.4, -0.2) is 19.7 Å². The minimum Gasteiger partial charge on any atom is -0.496 e. The number of hydrogen-bond donors (Lipinski definition) is 1. The minimum atomic E-state index is 0.472. The van der Waals surface area contributed by atoms with Crippen molar-refractivity contribution in [1.29, 1.82) is 0 Å². The highest BCUT2D eigenvalue weighted by Crippen LogP contribution is 2.33. The van der Waals surface area contributed by atoms with Crippen molar-refractivity contribution in [1.82, 2.24) is 5.32 Å². The Bertz CT molecular complexity index is 453. The summed E-state index contributed by atoms with van der Waals surface area (Å²) >= 11 is 0. The highest BCUT2D eigenvalue weighted by atomic mass is 16.5. The quantitative estimate of drug-likeness (QED) is 0.791. The number of rotatable bonds is 6. The van der Waals surface area contributed by atoms with E-state index in [-0.39, 0.29) is 0 Å². The summed E-state index contributed by atoms with van der Waals surface area (Å²) < 4.78 is 5.49. The second kappa shape index (κ2) is 6.58. The van der Waals surface area contributed by atoms with E-state index >= 15 is 0 Å². The molecule has 1 aliphatic rings. The Labute approximate surface area is 116 Å². The van der Waals surface area contributed by atoms with Gasteiger partial charge in [-0.15, -0.1) is 13.2 Å². The van der Waals surface area contributed by atoms with Crippen LogP contribution in [-0.2, 0) is 12.8 Å². The fourth-order valence-corrected chi connectivity index (χ4v) is 2.97. The van der Waals surface area contributed by atoms with E-state index in [0.29, 0.717) is 12.0 Å². The first-order valence-electron chi connectivity index (χ1n) is 6.90. The normalized spacial score (nSPS) is 21.5. The topological polar surface area (TPSA) is 21.3 Å². The van der Waals surface area contributed by atoms with Crippen LogP contribution in [0.3, 0.4) is 0 Å². The van der Waals surface area contributed by atoms with E-state index in [2.05, 4.69) is 36.7 Å². The van der Waals surface area contributed by atoms with Gasteiger partial charge in [-0.05, 0) is 42.4 Å². The van der Waals surface area contributed by atoms with Crippen LogP contribution >= 0.6 is 0 Å². The zero-order valence-electron chi connectivity index (χ0n) is 11.7. The Kier molecular flexibility index (Phi) is 4.80. The summed E-state index contributed by atoms with van der Waals surface area (Å²) in [5.41, 5.74) is 2.77. The fraction of sp³-hybridized carbons (Fsp3) is 0.412. The van der Waals surface area contributed by atoms with Crippen LogP contribution in [0.2, 0.25) is 0 Å². The summed E-state index contributed by atoms with van der Waals surface area (Å²) in [4.78, 5) is 0. The Hall–Kier alpha value is -1.54. The molecule has 0 amide bonds. The molecule has 0 fully saturated rings. The van der Waals surface area contributed by atoms with E-state index < -0.39 is 0 Å². The standard InChI is InChI=1S/C17H23NO/c1-4-7-14-11-13-8-6-9-17(19-3)15(13)12-16(14)18-10-5-2/h4-6,8-9,14,16,18H,1-2,7,10-12H2,3H3/t14-,16+/m0/s1. The fourth-order valence-electron chi connectivity index (χ4n) is 2.97. The first-order valence-corrected chi connectivity index (χ1v) is 6.90. The SMILES string of the molecule is C=CCN[C@@H]1Cc2c(cccc2OC)C[C@@H]1CC=C. The minimum absolute atomic E-state index is 0.472. The molecule has 0 saturated heterocycles. The van der Waals surface area contributed by atoms with Crippen molar-refractivity contribution in [3.63, 3.8) is 0 Å². The van der Waals surface area contributed by atoms with Crippen molar-refractivity contribution in [2.24, 2.45) is 5.92 Å². The van der Waals surface area contributed by atoms with Crippen LogP contribution in [0.15, 0.2) is 43.5 Å². The van der Waals surface area contributed by atoms with Crippen LogP contribution in [0.25, 0.3) is 0 Å². The molecule has 0 aromatic heterocycles. The maximum Gasteiger partial charge on any atom is 0.122 e. The van der Waals surface area contributed by atoms with Gasteiger partial charge in [-0.1, -0.05) is 24.3 Å². The molecule has 1 aromatic rings. The largest absolute Gasteiger partial charge is 0.496 e. The second-order valence-corrected chi connectivity index (χ2v) is 5.09. The van der Waals surface area contributed by atoms with Crippen molar-refractivity contribution in [3.05, 3.63) is 54.6 Å². The van der Waals surface area contributed by atoms with Gasteiger partial charge in [-0.2, -0.15) is 0 Å². The number of fused-ring (bicyclic) bond motifs is 1. The first kappa shape index (κ1) is 13.9. The lowest BCUT2D eigenvalue weighted by molar-refractivity contribution is 0.331. The molecule has 0 heterocycles. The van der Waals surface area contributed by atoms with Crippen LogP contribution in [0, 0.1) is 5.92 Å². The van der Waals surface area contributed by atoms with Crippen LogP contribution in [0.1, 0.15) is 17.5 Å². The third-order valence-electron chi connectivity index (χ3n) is 3.92. The average Bonchev–Trinajstić information content (AvgIpc) is 2.44. The maximum atomic E-state index is 5.49. The predicted octanol–water partition coefficient (Wildman–Crippen LogP) is 3.13. The highest BCUT2D eigenvalue weighted by Gasteiger charge is 2.28. The zero-order valence-corrected chi connectivity index (χ0v) is 11.7. The molecule has 19 heavy (non-hydrogen) atoms. The number of methoxy groups -OCH3 is 1. The molecule has 1 aromatic carbocycles. The van der Waals surface area contributed by atoms with Gasteiger partial charge in [0.25, 0.3) is 0 Å². The van der Waals surface area contributed by atoms with Gasteiger partial charge >= 0.3 is 0 Å². The van der Waals surface area contributed by atoms with E-state index in [1.165, 1.54) is 11.1 Å². The lowest BCUT2D eigenvalue weighted by Gasteiger charge is -2.34. The van der Waals surface area contributed by atoms with Gasteiger partial charge in [-0.25, -0.2) is 0 Å². The summed E-state index contributed by atoms with van der Waals surface area (Å²) in [5.74, 6) is 1.62. The Morgan fingerprint density at radius 2 is 2.16 bits per heavy atom. The van der Waals surface area contributed by atoms with Gasteiger partial charge in [0.1, 0.15) is 5.75 Å². The van der Waals surface area contributed by atoms with Crippen LogP contribution in [0.4, 0.5) is 0 Å². The summed E-state index contributed by atoms with van der Waals surface area (Å²) in [7, 11) is 1.75. The maximum absolute atomic E-state index is 5.49. The smallest absolute Gasteiger partial charge is 0.122 e. The number of benzene rings is 1. The molecule has 2 rings (SSSR count). The van der Waals surface area contributed by atoms with Crippen molar-refractivity contribution >= 4 is 0 Å². The van der Waals surface area contributed by atoms with Crippen molar-refractivity contribution in [2.45, 2.75) is 25.3 Å². The first-order chi connectivity index (χ1) is 9.30.